The first-order valence-electron chi connectivity index (χ1n) is 8.43. The van der Waals surface area contributed by atoms with E-state index in [9.17, 15) is 18.0 Å². The number of carbonyl (C=O) groups excluding carboxylic acids is 1. The van der Waals surface area contributed by atoms with Crippen molar-refractivity contribution in [3.8, 4) is 0 Å². The normalized spacial score (nSPS) is 26.0. The lowest BCUT2D eigenvalue weighted by atomic mass is 9.69. The molecule has 0 unspecified atom stereocenters. The number of amides is 1. The molecule has 0 radical (unpaired) electrons. The summed E-state index contributed by atoms with van der Waals surface area (Å²) in [7, 11) is 0. The minimum absolute atomic E-state index is 0.0686. The lowest BCUT2D eigenvalue weighted by Crippen LogP contribution is -2.43. The molecule has 3 rings (SSSR count). The van der Waals surface area contributed by atoms with E-state index in [0.717, 1.165) is 38.2 Å². The lowest BCUT2D eigenvalue weighted by Gasteiger charge is -2.38. The molecule has 1 amide bonds. The largest absolute Gasteiger partial charge is 0.416 e. The summed E-state index contributed by atoms with van der Waals surface area (Å²) in [5, 5.41) is 2.90. The van der Waals surface area contributed by atoms with Gasteiger partial charge in [-0.15, -0.1) is 0 Å². The molecule has 3 nitrogen and oxygen atoms in total. The van der Waals surface area contributed by atoms with Gasteiger partial charge in [-0.05, 0) is 31.4 Å². The topological polar surface area (TPSA) is 41.6 Å². The Bertz CT molecular complexity index is 609. The standard InChI is InChI=1S/C18H22F3NO2/c1-12-15(24-12)16(23)22-11-17(8-3-2-4-9-17)13-6-5-7-14(10-13)18(19,20)21/h5-7,10,12,15H,2-4,8-9,11H2,1H3,(H,22,23)/t12-,15+/m0/s1. The Morgan fingerprint density at radius 1 is 1.29 bits per heavy atom. The van der Waals surface area contributed by atoms with Gasteiger partial charge < -0.3 is 10.1 Å². The molecule has 24 heavy (non-hydrogen) atoms. The molecule has 2 fully saturated rings. The van der Waals surface area contributed by atoms with Gasteiger partial charge in [0.2, 0.25) is 0 Å². The predicted octanol–water partition coefficient (Wildman–Crippen LogP) is 3.81. The maximum absolute atomic E-state index is 13.0. The molecule has 1 aliphatic heterocycles. The molecule has 1 aromatic carbocycles. The Morgan fingerprint density at radius 3 is 2.54 bits per heavy atom. The van der Waals surface area contributed by atoms with E-state index in [1.54, 1.807) is 6.07 Å². The van der Waals surface area contributed by atoms with Crippen molar-refractivity contribution in [1.82, 2.24) is 5.32 Å². The van der Waals surface area contributed by atoms with Gasteiger partial charge in [0, 0.05) is 12.0 Å². The molecular weight excluding hydrogens is 319 g/mol. The quantitative estimate of drug-likeness (QED) is 0.846. The van der Waals surface area contributed by atoms with Crippen LogP contribution in [-0.2, 0) is 21.1 Å². The Balaban J connectivity index is 1.81. The lowest BCUT2D eigenvalue weighted by molar-refractivity contribution is -0.137. The van der Waals surface area contributed by atoms with Crippen molar-refractivity contribution in [2.75, 3.05) is 6.54 Å². The zero-order chi connectivity index (χ0) is 17.4. The molecule has 1 saturated carbocycles. The zero-order valence-corrected chi connectivity index (χ0v) is 13.7. The summed E-state index contributed by atoms with van der Waals surface area (Å²) in [6.07, 6.45) is -0.256. The first-order valence-corrected chi connectivity index (χ1v) is 8.43. The molecule has 0 aromatic heterocycles. The van der Waals surface area contributed by atoms with Crippen molar-refractivity contribution in [2.45, 2.75) is 62.8 Å². The van der Waals surface area contributed by atoms with Crippen LogP contribution in [0.5, 0.6) is 0 Å². The fourth-order valence-corrected chi connectivity index (χ4v) is 3.64. The van der Waals surface area contributed by atoms with Crippen LogP contribution < -0.4 is 5.32 Å². The Labute approximate surface area is 139 Å². The fraction of sp³-hybridized carbons (Fsp3) is 0.611. The van der Waals surface area contributed by atoms with Gasteiger partial charge in [0.15, 0.2) is 6.10 Å². The van der Waals surface area contributed by atoms with E-state index in [4.69, 9.17) is 4.74 Å². The molecule has 132 valence electrons. The number of carbonyl (C=O) groups is 1. The van der Waals surface area contributed by atoms with Gasteiger partial charge in [-0.1, -0.05) is 37.5 Å². The highest BCUT2D eigenvalue weighted by Crippen LogP contribution is 2.41. The third-order valence-corrected chi connectivity index (χ3v) is 5.18. The highest BCUT2D eigenvalue weighted by molar-refractivity contribution is 5.83. The van der Waals surface area contributed by atoms with Gasteiger partial charge >= 0.3 is 6.18 Å². The predicted molar refractivity (Wildman–Crippen MR) is 83.6 cm³/mol. The van der Waals surface area contributed by atoms with E-state index in [1.165, 1.54) is 12.1 Å². The van der Waals surface area contributed by atoms with Crippen LogP contribution in [0.25, 0.3) is 0 Å². The highest BCUT2D eigenvalue weighted by atomic mass is 19.4. The second-order valence-corrected chi connectivity index (χ2v) is 6.90. The van der Waals surface area contributed by atoms with Gasteiger partial charge in [0.05, 0.1) is 11.7 Å². The number of hydrogen-bond donors (Lipinski definition) is 1. The van der Waals surface area contributed by atoms with E-state index >= 15 is 0 Å². The minimum atomic E-state index is -4.35. The number of hydrogen-bond acceptors (Lipinski definition) is 2. The maximum atomic E-state index is 13.0. The van der Waals surface area contributed by atoms with E-state index in [-0.39, 0.29) is 12.0 Å². The average Bonchev–Trinajstić information content (AvgIpc) is 3.30. The summed E-state index contributed by atoms with van der Waals surface area (Å²) in [5.41, 5.74) is -0.384. The number of epoxide rings is 1. The molecule has 1 aliphatic carbocycles. The molecule has 2 aliphatic rings. The summed E-state index contributed by atoms with van der Waals surface area (Å²) < 4.78 is 44.3. The summed E-state index contributed by atoms with van der Waals surface area (Å²) in [6.45, 7) is 2.19. The molecule has 1 saturated heterocycles. The fourth-order valence-electron chi connectivity index (χ4n) is 3.64. The summed E-state index contributed by atoms with van der Waals surface area (Å²) in [4.78, 5) is 12.0. The molecule has 1 aromatic rings. The van der Waals surface area contributed by atoms with Crippen molar-refractivity contribution in [3.05, 3.63) is 35.4 Å². The third kappa shape index (κ3) is 3.58. The van der Waals surface area contributed by atoms with Crippen LogP contribution in [0.1, 0.15) is 50.2 Å². The van der Waals surface area contributed by atoms with Crippen molar-refractivity contribution < 1.29 is 22.7 Å². The molecule has 0 bridgehead atoms. The summed E-state index contributed by atoms with van der Waals surface area (Å²) in [5.74, 6) is -0.167. The molecule has 0 spiro atoms. The van der Waals surface area contributed by atoms with Crippen LogP contribution in [0.2, 0.25) is 0 Å². The summed E-state index contributed by atoms with van der Waals surface area (Å²) >= 11 is 0. The number of nitrogens with one attached hydrogen (secondary N) is 1. The smallest absolute Gasteiger partial charge is 0.359 e. The van der Waals surface area contributed by atoms with Crippen LogP contribution >= 0.6 is 0 Å². The van der Waals surface area contributed by atoms with E-state index < -0.39 is 23.3 Å². The van der Waals surface area contributed by atoms with Crippen molar-refractivity contribution >= 4 is 5.91 Å². The maximum Gasteiger partial charge on any atom is 0.416 e. The van der Waals surface area contributed by atoms with Gasteiger partial charge in [-0.25, -0.2) is 0 Å². The van der Waals surface area contributed by atoms with Crippen molar-refractivity contribution in [1.29, 1.82) is 0 Å². The van der Waals surface area contributed by atoms with Gasteiger partial charge in [-0.3, -0.25) is 4.79 Å². The van der Waals surface area contributed by atoms with E-state index in [0.29, 0.717) is 12.1 Å². The van der Waals surface area contributed by atoms with Crippen molar-refractivity contribution in [2.24, 2.45) is 0 Å². The SMILES string of the molecule is C[C@@H]1O[C@H]1C(=O)NCC1(c2cccc(C(F)(F)F)c2)CCCCC1. The number of benzene rings is 1. The third-order valence-electron chi connectivity index (χ3n) is 5.18. The second kappa shape index (κ2) is 6.39. The Morgan fingerprint density at radius 2 is 1.96 bits per heavy atom. The van der Waals surface area contributed by atoms with Gasteiger partial charge in [-0.2, -0.15) is 13.2 Å². The molecule has 1 N–H and O–H groups in total. The number of rotatable bonds is 4. The molecule has 6 heteroatoms. The molecule has 1 heterocycles. The number of halogens is 3. The second-order valence-electron chi connectivity index (χ2n) is 6.90. The monoisotopic (exact) mass is 341 g/mol. The van der Waals surface area contributed by atoms with Gasteiger partial charge in [0.25, 0.3) is 5.91 Å². The zero-order valence-electron chi connectivity index (χ0n) is 13.7. The Hall–Kier alpha value is -1.56. The van der Waals surface area contributed by atoms with Crippen LogP contribution in [0.4, 0.5) is 13.2 Å². The van der Waals surface area contributed by atoms with Crippen LogP contribution in [0.3, 0.4) is 0 Å². The van der Waals surface area contributed by atoms with E-state index in [2.05, 4.69) is 5.32 Å². The highest BCUT2D eigenvalue weighted by Gasteiger charge is 2.43. The molecule has 2 atom stereocenters. The molecular formula is C18H22F3NO2. The number of alkyl halides is 3. The first-order chi connectivity index (χ1) is 11.3. The van der Waals surface area contributed by atoms with Crippen LogP contribution in [-0.4, -0.2) is 24.7 Å². The number of ether oxygens (including phenoxy) is 1. The summed E-state index contributed by atoms with van der Waals surface area (Å²) in [6, 6.07) is 5.55. The van der Waals surface area contributed by atoms with Gasteiger partial charge in [0.1, 0.15) is 0 Å². The van der Waals surface area contributed by atoms with E-state index in [1.807, 2.05) is 6.92 Å². The Kier molecular flexibility index (Phi) is 4.60. The van der Waals surface area contributed by atoms with Crippen LogP contribution in [0, 0.1) is 0 Å². The average molecular weight is 341 g/mol. The minimum Gasteiger partial charge on any atom is -0.359 e. The van der Waals surface area contributed by atoms with Crippen molar-refractivity contribution in [3.63, 3.8) is 0 Å². The van der Waals surface area contributed by atoms with Crippen LogP contribution in [0.15, 0.2) is 24.3 Å². The first kappa shape index (κ1) is 17.3.